The minimum atomic E-state index is -0.500. The van der Waals surface area contributed by atoms with Gasteiger partial charge in [-0.05, 0) is 12.8 Å². The van der Waals surface area contributed by atoms with Crippen LogP contribution in [0.3, 0.4) is 0 Å². The molecule has 0 spiro atoms. The Labute approximate surface area is 129 Å². The molecule has 4 nitrogen and oxygen atoms in total. The molecule has 2 rings (SSSR count). The summed E-state index contributed by atoms with van der Waals surface area (Å²) < 4.78 is 0. The number of hydrogen-bond donors (Lipinski definition) is 0. The van der Waals surface area contributed by atoms with E-state index in [1.165, 1.54) is 0 Å². The van der Waals surface area contributed by atoms with Crippen LogP contribution >= 0.6 is 0 Å². The Hall–Kier alpha value is -0.905. The van der Waals surface area contributed by atoms with Crippen LogP contribution in [0.5, 0.6) is 0 Å². The van der Waals surface area contributed by atoms with Crippen molar-refractivity contribution < 1.29 is 55.4 Å². The second-order valence-electron chi connectivity index (χ2n) is 2.38. The van der Waals surface area contributed by atoms with Crippen LogP contribution in [-0.4, -0.2) is 12.9 Å². The normalized spacial score (nSPS) is 11.8. The molecule has 17 heavy (non-hydrogen) atoms. The number of rotatable bonds is 0. The van der Waals surface area contributed by atoms with E-state index < -0.39 is 12.9 Å². The standard InChI is InChI=1S/2C5H6.2CH2O2.La/c2*1-2-4-5-3-1;2*2-1-3;/h2*1-4H,5H2;2*1H,(H,2,3);/p-2. The molecule has 2 aliphatic carbocycles. The molecule has 1 radical (unpaired) electrons. The Bertz CT molecular complexity index is 220. The third-order valence-electron chi connectivity index (χ3n) is 1.31. The fourth-order valence-corrected chi connectivity index (χ4v) is 0.786. The Morgan fingerprint density at radius 3 is 0.941 bits per heavy atom. The molecule has 91 valence electrons. The molecular weight excluding hydrogens is 347 g/mol. The summed E-state index contributed by atoms with van der Waals surface area (Å²) in [5.41, 5.74) is 0. The van der Waals surface area contributed by atoms with Crippen molar-refractivity contribution in [3.8, 4) is 0 Å². The van der Waals surface area contributed by atoms with E-state index in [2.05, 4.69) is 48.6 Å². The molecule has 0 saturated carbocycles. The zero-order valence-electron chi connectivity index (χ0n) is 9.40. The van der Waals surface area contributed by atoms with Crippen LogP contribution in [0, 0.1) is 35.6 Å². The topological polar surface area (TPSA) is 80.3 Å². The van der Waals surface area contributed by atoms with Crippen molar-refractivity contribution in [3.05, 3.63) is 48.6 Å². The summed E-state index contributed by atoms with van der Waals surface area (Å²) in [6, 6.07) is 0. The van der Waals surface area contributed by atoms with E-state index in [1.807, 2.05) is 0 Å². The fourth-order valence-electron chi connectivity index (χ4n) is 0.786. The maximum Gasteiger partial charge on any atom is 0.0275 e. The first-order chi connectivity index (χ1) is 7.83. The van der Waals surface area contributed by atoms with Crippen LogP contribution in [0.2, 0.25) is 0 Å². The summed E-state index contributed by atoms with van der Waals surface area (Å²) in [6.45, 7) is -1.00. The Morgan fingerprint density at radius 2 is 0.882 bits per heavy atom. The number of carboxylic acid groups (broad SMARTS) is 2. The summed E-state index contributed by atoms with van der Waals surface area (Å²) in [6.07, 6.45) is 19.0. The van der Waals surface area contributed by atoms with Gasteiger partial charge in [0.05, 0.1) is 0 Å². The molecule has 0 N–H and O–H groups in total. The van der Waals surface area contributed by atoms with Gasteiger partial charge in [-0.3, -0.25) is 0 Å². The minimum Gasteiger partial charge on any atom is -0.554 e. The molecule has 0 aromatic heterocycles. The molecule has 5 heteroatoms. The molecule has 0 aliphatic heterocycles. The summed E-state index contributed by atoms with van der Waals surface area (Å²) >= 11 is 0. The molecule has 0 aromatic carbocycles. The van der Waals surface area contributed by atoms with Gasteiger partial charge >= 0.3 is 0 Å². The van der Waals surface area contributed by atoms with Gasteiger partial charge in [-0.25, -0.2) is 0 Å². The van der Waals surface area contributed by atoms with Crippen molar-refractivity contribution in [2.24, 2.45) is 0 Å². The van der Waals surface area contributed by atoms with Crippen LogP contribution in [0.15, 0.2) is 48.6 Å². The van der Waals surface area contributed by atoms with Gasteiger partial charge in [0.1, 0.15) is 0 Å². The molecule has 0 unspecified atom stereocenters. The zero-order chi connectivity index (χ0) is 12.5. The Balaban J connectivity index is -0.000000157. The molecule has 0 atom stereocenters. The summed E-state index contributed by atoms with van der Waals surface area (Å²) in [4.78, 5) is 16.5. The van der Waals surface area contributed by atoms with E-state index in [0.29, 0.717) is 0 Å². The number of allylic oxidation sites excluding steroid dienone is 8. The van der Waals surface area contributed by atoms with Crippen molar-refractivity contribution in [3.63, 3.8) is 0 Å². The molecular formula is C12H14LaO4-2. The quantitative estimate of drug-likeness (QED) is 0.557. The number of carbonyl (C=O) groups excluding carboxylic acids is 2. The van der Waals surface area contributed by atoms with Crippen molar-refractivity contribution in [2.45, 2.75) is 12.8 Å². The summed E-state index contributed by atoms with van der Waals surface area (Å²) in [5.74, 6) is 0. The second kappa shape index (κ2) is 24.4. The van der Waals surface area contributed by atoms with Gasteiger partial charge in [0, 0.05) is 48.5 Å². The van der Waals surface area contributed by atoms with Crippen molar-refractivity contribution in [2.75, 3.05) is 0 Å². The summed E-state index contributed by atoms with van der Waals surface area (Å²) in [5, 5.41) is 16.5. The predicted octanol–water partition coefficient (Wildman–Crippen LogP) is -0.263. The maximum absolute atomic E-state index is 8.25. The van der Waals surface area contributed by atoms with Gasteiger partial charge in [-0.1, -0.05) is 48.6 Å². The average molecular weight is 361 g/mol. The van der Waals surface area contributed by atoms with E-state index in [4.69, 9.17) is 19.8 Å². The zero-order valence-corrected chi connectivity index (χ0v) is 13.0. The predicted molar refractivity (Wildman–Crippen MR) is 57.9 cm³/mol. The van der Waals surface area contributed by atoms with Gasteiger partial charge in [0.25, 0.3) is 0 Å². The Morgan fingerprint density at radius 1 is 0.706 bits per heavy atom. The van der Waals surface area contributed by atoms with Gasteiger partial charge < -0.3 is 19.8 Å². The average Bonchev–Trinajstić information content (AvgIpc) is 3.00. The SMILES string of the molecule is C1=CCC=C1.C1=CCC=C1.O=C[O-].O=C[O-].[La]. The monoisotopic (exact) mass is 361 g/mol. The van der Waals surface area contributed by atoms with E-state index >= 15 is 0 Å². The molecule has 0 bridgehead atoms. The maximum atomic E-state index is 8.25. The van der Waals surface area contributed by atoms with Crippen molar-refractivity contribution in [1.29, 1.82) is 0 Å². The van der Waals surface area contributed by atoms with Crippen LogP contribution in [0.1, 0.15) is 12.8 Å². The van der Waals surface area contributed by atoms with E-state index in [0.717, 1.165) is 12.8 Å². The first-order valence-corrected chi connectivity index (χ1v) is 4.58. The van der Waals surface area contributed by atoms with Gasteiger partial charge in [0.15, 0.2) is 0 Å². The number of hydrogen-bond acceptors (Lipinski definition) is 4. The van der Waals surface area contributed by atoms with E-state index in [1.54, 1.807) is 0 Å². The van der Waals surface area contributed by atoms with Crippen LogP contribution in [-0.2, 0) is 9.59 Å². The minimum absolute atomic E-state index is 0. The smallest absolute Gasteiger partial charge is 0.0275 e. The van der Waals surface area contributed by atoms with E-state index in [9.17, 15) is 0 Å². The van der Waals surface area contributed by atoms with E-state index in [-0.39, 0.29) is 35.6 Å². The van der Waals surface area contributed by atoms with Gasteiger partial charge in [-0.15, -0.1) is 0 Å². The summed E-state index contributed by atoms with van der Waals surface area (Å²) in [7, 11) is 0. The van der Waals surface area contributed by atoms with Crippen LogP contribution in [0.25, 0.3) is 0 Å². The van der Waals surface area contributed by atoms with Gasteiger partial charge in [-0.2, -0.15) is 0 Å². The first kappa shape index (κ1) is 21.4. The molecule has 0 fully saturated rings. The van der Waals surface area contributed by atoms with Crippen LogP contribution in [0.4, 0.5) is 0 Å². The van der Waals surface area contributed by atoms with Crippen molar-refractivity contribution >= 4 is 12.9 Å². The number of carbonyl (C=O) groups is 2. The fraction of sp³-hybridized carbons (Fsp3) is 0.167. The molecule has 0 aromatic rings. The Kier molecular flexibility index (Phi) is 30.6. The molecule has 0 heterocycles. The first-order valence-electron chi connectivity index (χ1n) is 4.58. The van der Waals surface area contributed by atoms with Crippen LogP contribution < -0.4 is 10.2 Å². The van der Waals surface area contributed by atoms with Gasteiger partial charge in [0.2, 0.25) is 0 Å². The second-order valence-corrected chi connectivity index (χ2v) is 2.38. The third kappa shape index (κ3) is 31.3. The molecule has 0 amide bonds. The molecule has 2 aliphatic rings. The van der Waals surface area contributed by atoms with Crippen molar-refractivity contribution in [1.82, 2.24) is 0 Å². The molecule has 0 saturated heterocycles. The largest absolute Gasteiger partial charge is 0.554 e. The third-order valence-corrected chi connectivity index (χ3v) is 1.31.